The lowest BCUT2D eigenvalue weighted by molar-refractivity contribution is 0.112. The van der Waals surface area contributed by atoms with E-state index in [1.807, 2.05) is 6.07 Å². The Hall–Kier alpha value is -1.05. The largest absolute Gasteiger partial charge is 0.348 e. The predicted molar refractivity (Wildman–Crippen MR) is 70.5 cm³/mol. The molecule has 0 radical (unpaired) electrons. The molecule has 0 aromatic carbocycles. The van der Waals surface area contributed by atoms with E-state index in [0.29, 0.717) is 5.41 Å². The average Bonchev–Trinajstić information content (AvgIpc) is 2.57. The number of aryl methyl sites for hydroxylation is 1. The fraction of sp³-hybridized carbons (Fsp3) is 0.667. The van der Waals surface area contributed by atoms with Gasteiger partial charge in [0, 0.05) is 23.5 Å². The number of aldehydes is 1. The minimum absolute atomic E-state index is 0.424. The van der Waals surface area contributed by atoms with E-state index in [4.69, 9.17) is 0 Å². The van der Waals surface area contributed by atoms with Gasteiger partial charge in [0.25, 0.3) is 0 Å². The summed E-state index contributed by atoms with van der Waals surface area (Å²) in [7, 11) is 0. The predicted octanol–water partition coefficient (Wildman–Crippen LogP) is 3.89. The molecule has 0 bridgehead atoms. The van der Waals surface area contributed by atoms with E-state index in [-0.39, 0.29) is 0 Å². The minimum Gasteiger partial charge on any atom is -0.348 e. The number of rotatable bonds is 3. The first-order chi connectivity index (χ1) is 8.06. The van der Waals surface area contributed by atoms with Crippen molar-refractivity contribution in [2.75, 3.05) is 0 Å². The minimum atomic E-state index is 0.424. The van der Waals surface area contributed by atoms with Gasteiger partial charge >= 0.3 is 0 Å². The zero-order valence-electron chi connectivity index (χ0n) is 11.3. The van der Waals surface area contributed by atoms with Crippen molar-refractivity contribution in [1.82, 2.24) is 4.57 Å². The van der Waals surface area contributed by atoms with Crippen LogP contribution in [0.15, 0.2) is 6.07 Å². The Kier molecular flexibility index (Phi) is 3.41. The summed E-state index contributed by atoms with van der Waals surface area (Å²) in [6, 6.07) is 2.01. The average molecular weight is 233 g/mol. The van der Waals surface area contributed by atoms with Crippen molar-refractivity contribution >= 4 is 6.29 Å². The molecule has 94 valence electrons. The third-order valence-electron chi connectivity index (χ3n) is 4.34. The van der Waals surface area contributed by atoms with Crippen LogP contribution in [0.2, 0.25) is 0 Å². The standard InChI is InChI=1S/C15H23NO/c1-12-9-14(10-17)13(2)16(12)11-15(3)7-5-4-6-8-15/h9-10H,4-8,11H2,1-3H3. The van der Waals surface area contributed by atoms with Crippen molar-refractivity contribution < 1.29 is 4.79 Å². The Balaban J connectivity index is 2.23. The monoisotopic (exact) mass is 233 g/mol. The zero-order chi connectivity index (χ0) is 12.5. The molecular formula is C15H23NO. The summed E-state index contributed by atoms with van der Waals surface area (Å²) in [4.78, 5) is 11.0. The maximum Gasteiger partial charge on any atom is 0.151 e. The topological polar surface area (TPSA) is 22.0 Å². The van der Waals surface area contributed by atoms with Crippen molar-refractivity contribution in [1.29, 1.82) is 0 Å². The molecule has 1 aliphatic rings. The molecule has 1 heterocycles. The van der Waals surface area contributed by atoms with Crippen LogP contribution in [0.25, 0.3) is 0 Å². The molecule has 17 heavy (non-hydrogen) atoms. The van der Waals surface area contributed by atoms with E-state index in [1.54, 1.807) is 0 Å². The third kappa shape index (κ3) is 2.46. The summed E-state index contributed by atoms with van der Waals surface area (Å²) in [6.45, 7) is 7.62. The second kappa shape index (κ2) is 4.67. The Labute approximate surface area is 104 Å². The number of nitrogens with zero attached hydrogens (tertiary/aromatic N) is 1. The van der Waals surface area contributed by atoms with Gasteiger partial charge in [-0.25, -0.2) is 0 Å². The molecule has 0 aliphatic heterocycles. The SMILES string of the molecule is Cc1cc(C=O)c(C)n1CC1(C)CCCCC1. The van der Waals surface area contributed by atoms with Gasteiger partial charge in [-0.2, -0.15) is 0 Å². The molecule has 0 atom stereocenters. The lowest BCUT2D eigenvalue weighted by atomic mass is 9.75. The van der Waals surface area contributed by atoms with Crippen LogP contribution < -0.4 is 0 Å². The number of carbonyl (C=O) groups is 1. The molecule has 2 heteroatoms. The van der Waals surface area contributed by atoms with Crippen molar-refractivity contribution in [2.45, 2.75) is 59.4 Å². The van der Waals surface area contributed by atoms with Crippen LogP contribution in [0, 0.1) is 19.3 Å². The maximum atomic E-state index is 11.0. The van der Waals surface area contributed by atoms with Crippen LogP contribution in [0.1, 0.15) is 60.8 Å². The van der Waals surface area contributed by atoms with Gasteiger partial charge in [0.05, 0.1) is 0 Å². The summed E-state index contributed by atoms with van der Waals surface area (Å²) in [5, 5.41) is 0. The molecular weight excluding hydrogens is 210 g/mol. The molecule has 0 saturated heterocycles. The van der Waals surface area contributed by atoms with E-state index >= 15 is 0 Å². The number of hydrogen-bond donors (Lipinski definition) is 0. The van der Waals surface area contributed by atoms with Gasteiger partial charge in [-0.05, 0) is 38.2 Å². The molecule has 0 N–H and O–H groups in total. The van der Waals surface area contributed by atoms with Crippen LogP contribution in [-0.2, 0) is 6.54 Å². The maximum absolute atomic E-state index is 11.0. The highest BCUT2D eigenvalue weighted by Crippen LogP contribution is 2.38. The Bertz CT molecular complexity index is 411. The van der Waals surface area contributed by atoms with Gasteiger partial charge < -0.3 is 4.57 Å². The van der Waals surface area contributed by atoms with Crippen molar-refractivity contribution in [3.8, 4) is 0 Å². The normalized spacial score (nSPS) is 19.2. The number of hydrogen-bond acceptors (Lipinski definition) is 1. The fourth-order valence-electron chi connectivity index (χ4n) is 3.14. The van der Waals surface area contributed by atoms with Gasteiger partial charge in [-0.15, -0.1) is 0 Å². The molecule has 0 spiro atoms. The zero-order valence-corrected chi connectivity index (χ0v) is 11.3. The van der Waals surface area contributed by atoms with Gasteiger partial charge in [-0.1, -0.05) is 26.2 Å². The first kappa shape index (κ1) is 12.4. The second-order valence-corrected chi connectivity index (χ2v) is 5.90. The molecule has 0 unspecified atom stereocenters. The lowest BCUT2D eigenvalue weighted by Crippen LogP contribution is -2.27. The molecule has 1 aromatic heterocycles. The highest BCUT2D eigenvalue weighted by atomic mass is 16.1. The number of carbonyl (C=O) groups excluding carboxylic acids is 1. The molecule has 1 aliphatic carbocycles. The molecule has 1 aromatic rings. The van der Waals surface area contributed by atoms with Crippen LogP contribution >= 0.6 is 0 Å². The van der Waals surface area contributed by atoms with E-state index < -0.39 is 0 Å². The van der Waals surface area contributed by atoms with Gasteiger partial charge in [0.15, 0.2) is 6.29 Å². The summed E-state index contributed by atoms with van der Waals surface area (Å²) in [5.41, 5.74) is 3.62. The molecule has 2 rings (SSSR count). The molecule has 2 nitrogen and oxygen atoms in total. The summed E-state index contributed by atoms with van der Waals surface area (Å²) in [6.07, 6.45) is 7.72. The van der Waals surface area contributed by atoms with Gasteiger partial charge in [0.1, 0.15) is 0 Å². The van der Waals surface area contributed by atoms with Crippen LogP contribution in [-0.4, -0.2) is 10.9 Å². The lowest BCUT2D eigenvalue weighted by Gasteiger charge is -2.35. The molecule has 1 saturated carbocycles. The van der Waals surface area contributed by atoms with Crippen LogP contribution in [0.3, 0.4) is 0 Å². The fourth-order valence-corrected chi connectivity index (χ4v) is 3.14. The first-order valence-corrected chi connectivity index (χ1v) is 6.68. The summed E-state index contributed by atoms with van der Waals surface area (Å²) < 4.78 is 2.33. The van der Waals surface area contributed by atoms with Crippen LogP contribution in [0.5, 0.6) is 0 Å². The van der Waals surface area contributed by atoms with Crippen molar-refractivity contribution in [3.63, 3.8) is 0 Å². The summed E-state index contributed by atoms with van der Waals surface area (Å²) >= 11 is 0. The van der Waals surface area contributed by atoms with Crippen molar-refractivity contribution in [3.05, 3.63) is 23.0 Å². The highest BCUT2D eigenvalue weighted by molar-refractivity contribution is 5.77. The van der Waals surface area contributed by atoms with Gasteiger partial charge in [0.2, 0.25) is 0 Å². The summed E-state index contributed by atoms with van der Waals surface area (Å²) in [5.74, 6) is 0. The molecule has 0 amide bonds. The first-order valence-electron chi connectivity index (χ1n) is 6.68. The Morgan fingerprint density at radius 3 is 2.47 bits per heavy atom. The highest BCUT2D eigenvalue weighted by Gasteiger charge is 2.28. The van der Waals surface area contributed by atoms with E-state index in [2.05, 4.69) is 25.3 Å². The van der Waals surface area contributed by atoms with E-state index in [9.17, 15) is 4.79 Å². The second-order valence-electron chi connectivity index (χ2n) is 5.90. The molecule has 1 fully saturated rings. The van der Waals surface area contributed by atoms with E-state index in [0.717, 1.165) is 24.1 Å². The van der Waals surface area contributed by atoms with Crippen molar-refractivity contribution in [2.24, 2.45) is 5.41 Å². The Morgan fingerprint density at radius 1 is 1.29 bits per heavy atom. The van der Waals surface area contributed by atoms with Crippen LogP contribution in [0.4, 0.5) is 0 Å². The quantitative estimate of drug-likeness (QED) is 0.726. The number of aromatic nitrogens is 1. The third-order valence-corrected chi connectivity index (χ3v) is 4.34. The Morgan fingerprint density at radius 2 is 1.94 bits per heavy atom. The smallest absolute Gasteiger partial charge is 0.151 e. The van der Waals surface area contributed by atoms with E-state index in [1.165, 1.54) is 37.8 Å². The van der Waals surface area contributed by atoms with Gasteiger partial charge in [-0.3, -0.25) is 4.79 Å².